The maximum Gasteiger partial charge on any atom is 0.259 e. The fraction of sp³-hybridized carbons (Fsp3) is 0.185. The van der Waals surface area contributed by atoms with Gasteiger partial charge in [-0.1, -0.05) is 54.1 Å². The molecule has 1 N–H and O–H groups in total. The van der Waals surface area contributed by atoms with Crippen LogP contribution in [0.3, 0.4) is 0 Å². The van der Waals surface area contributed by atoms with Crippen molar-refractivity contribution in [3.05, 3.63) is 95.0 Å². The van der Waals surface area contributed by atoms with Gasteiger partial charge in [-0.3, -0.25) is 9.59 Å². The molecule has 3 aromatic carbocycles. The predicted octanol–water partition coefficient (Wildman–Crippen LogP) is 4.96. The molecule has 0 aromatic heterocycles. The van der Waals surface area contributed by atoms with Crippen molar-refractivity contribution in [2.24, 2.45) is 0 Å². The van der Waals surface area contributed by atoms with Crippen molar-refractivity contribution in [1.29, 1.82) is 0 Å². The molecule has 0 radical (unpaired) electrons. The van der Waals surface area contributed by atoms with Crippen molar-refractivity contribution < 1.29 is 14.3 Å². The molecule has 0 aliphatic carbocycles. The number of halogens is 1. The molecule has 1 fully saturated rings. The van der Waals surface area contributed by atoms with Gasteiger partial charge in [-0.25, -0.2) is 0 Å². The normalized spacial score (nSPS) is 13.7. The number of piperazine rings is 1. The zero-order valence-corrected chi connectivity index (χ0v) is 19.7. The largest absolute Gasteiger partial charge is 0.496 e. The number of hydrogen-bond acceptors (Lipinski definition) is 4. The minimum Gasteiger partial charge on any atom is -0.496 e. The molecule has 1 heterocycles. The number of carbonyl (C=O) groups is 2. The molecule has 0 saturated carbocycles. The summed E-state index contributed by atoms with van der Waals surface area (Å²) >= 11 is 6.24. The van der Waals surface area contributed by atoms with Crippen molar-refractivity contribution in [2.45, 2.75) is 0 Å². The molecule has 2 amide bonds. The third kappa shape index (κ3) is 5.58. The first-order valence-corrected chi connectivity index (χ1v) is 11.4. The molecule has 0 atom stereocenters. The first-order valence-electron chi connectivity index (χ1n) is 11.1. The molecule has 1 saturated heterocycles. The molecular weight excluding hydrogens is 450 g/mol. The van der Waals surface area contributed by atoms with E-state index in [9.17, 15) is 9.59 Å². The predicted molar refractivity (Wildman–Crippen MR) is 137 cm³/mol. The smallest absolute Gasteiger partial charge is 0.259 e. The second-order valence-corrected chi connectivity index (χ2v) is 8.31. The summed E-state index contributed by atoms with van der Waals surface area (Å²) in [6, 6.07) is 22.3. The number of rotatable bonds is 6. The number of amides is 2. The van der Waals surface area contributed by atoms with Crippen LogP contribution in [0.1, 0.15) is 15.9 Å². The van der Waals surface area contributed by atoms with E-state index in [1.165, 1.54) is 7.11 Å². The first kappa shape index (κ1) is 23.4. The summed E-state index contributed by atoms with van der Waals surface area (Å²) in [6.45, 7) is 2.45. The third-order valence-electron chi connectivity index (χ3n) is 5.71. The van der Waals surface area contributed by atoms with E-state index in [1.807, 2.05) is 53.4 Å². The Labute approximate surface area is 204 Å². The lowest BCUT2D eigenvalue weighted by Crippen LogP contribution is -2.48. The van der Waals surface area contributed by atoms with E-state index in [0.29, 0.717) is 48.2 Å². The summed E-state index contributed by atoms with van der Waals surface area (Å²) in [5.41, 5.74) is 2.91. The average Bonchev–Trinajstić information content (AvgIpc) is 2.88. The van der Waals surface area contributed by atoms with Gasteiger partial charge in [0.1, 0.15) is 5.75 Å². The number of anilines is 2. The standard InChI is InChI=1S/C27H26ClN3O3/c1-34-25-10-6-5-9-22(25)27(33)29-23-19-21(28)12-13-24(23)30-15-17-31(18-16-30)26(32)14-11-20-7-3-2-4-8-20/h2-14,19H,15-18H2,1H3,(H,29,33)/b14-11+. The average molecular weight is 476 g/mol. The van der Waals surface area contributed by atoms with Crippen LogP contribution in [0, 0.1) is 0 Å². The molecule has 34 heavy (non-hydrogen) atoms. The van der Waals surface area contributed by atoms with E-state index in [1.54, 1.807) is 36.4 Å². The zero-order chi connectivity index (χ0) is 23.9. The molecule has 0 unspecified atom stereocenters. The molecule has 1 aliphatic rings. The Morgan fingerprint density at radius 1 is 0.941 bits per heavy atom. The Morgan fingerprint density at radius 3 is 2.38 bits per heavy atom. The number of benzene rings is 3. The maximum absolute atomic E-state index is 13.0. The van der Waals surface area contributed by atoms with Gasteiger partial charge >= 0.3 is 0 Å². The highest BCUT2D eigenvalue weighted by atomic mass is 35.5. The van der Waals surface area contributed by atoms with E-state index >= 15 is 0 Å². The molecule has 4 rings (SSSR count). The Morgan fingerprint density at radius 2 is 1.65 bits per heavy atom. The van der Waals surface area contributed by atoms with E-state index in [-0.39, 0.29) is 11.8 Å². The van der Waals surface area contributed by atoms with Crippen molar-refractivity contribution in [2.75, 3.05) is 43.5 Å². The van der Waals surface area contributed by atoms with Crippen LogP contribution in [0.2, 0.25) is 5.02 Å². The summed E-state index contributed by atoms with van der Waals surface area (Å²) in [7, 11) is 1.53. The molecule has 7 heteroatoms. The van der Waals surface area contributed by atoms with Crippen molar-refractivity contribution in [3.63, 3.8) is 0 Å². The fourth-order valence-corrected chi connectivity index (χ4v) is 4.08. The Hall–Kier alpha value is -3.77. The highest BCUT2D eigenvalue weighted by molar-refractivity contribution is 6.31. The summed E-state index contributed by atoms with van der Waals surface area (Å²) in [5.74, 6) is 0.212. The van der Waals surface area contributed by atoms with Gasteiger partial charge in [-0.2, -0.15) is 0 Å². The Balaban J connectivity index is 1.44. The minimum atomic E-state index is -0.277. The minimum absolute atomic E-state index is 0.00990. The van der Waals surface area contributed by atoms with Crippen molar-refractivity contribution >= 4 is 40.9 Å². The van der Waals surface area contributed by atoms with Crippen LogP contribution in [-0.2, 0) is 4.79 Å². The molecule has 1 aliphatic heterocycles. The zero-order valence-electron chi connectivity index (χ0n) is 18.9. The van der Waals surface area contributed by atoms with Crippen LogP contribution in [0.25, 0.3) is 6.08 Å². The van der Waals surface area contributed by atoms with Crippen LogP contribution in [0.4, 0.5) is 11.4 Å². The highest BCUT2D eigenvalue weighted by Crippen LogP contribution is 2.31. The lowest BCUT2D eigenvalue weighted by molar-refractivity contribution is -0.126. The van der Waals surface area contributed by atoms with Gasteiger partial charge in [0.05, 0.1) is 24.0 Å². The van der Waals surface area contributed by atoms with Gasteiger partial charge < -0.3 is 19.9 Å². The van der Waals surface area contributed by atoms with E-state index in [4.69, 9.17) is 16.3 Å². The van der Waals surface area contributed by atoms with E-state index in [2.05, 4.69) is 10.2 Å². The quantitative estimate of drug-likeness (QED) is 0.512. The number of nitrogens with zero attached hydrogens (tertiary/aromatic N) is 2. The number of hydrogen-bond donors (Lipinski definition) is 1. The van der Waals surface area contributed by atoms with Gasteiger partial charge in [0, 0.05) is 37.3 Å². The first-order chi connectivity index (χ1) is 16.5. The van der Waals surface area contributed by atoms with Crippen molar-refractivity contribution in [3.8, 4) is 5.75 Å². The fourth-order valence-electron chi connectivity index (χ4n) is 3.91. The molecule has 0 bridgehead atoms. The van der Waals surface area contributed by atoms with E-state index < -0.39 is 0 Å². The molecule has 3 aromatic rings. The molecule has 6 nitrogen and oxygen atoms in total. The summed E-state index contributed by atoms with van der Waals surface area (Å²) in [4.78, 5) is 29.6. The van der Waals surface area contributed by atoms with Crippen LogP contribution < -0.4 is 15.0 Å². The lowest BCUT2D eigenvalue weighted by atomic mass is 10.1. The van der Waals surface area contributed by atoms with Crippen molar-refractivity contribution in [1.82, 2.24) is 4.90 Å². The number of ether oxygens (including phenoxy) is 1. The Bertz CT molecular complexity index is 1190. The monoisotopic (exact) mass is 475 g/mol. The second-order valence-electron chi connectivity index (χ2n) is 7.87. The number of methoxy groups -OCH3 is 1. The number of para-hydroxylation sites is 1. The maximum atomic E-state index is 13.0. The van der Waals surface area contributed by atoms with Crippen LogP contribution in [0.15, 0.2) is 78.9 Å². The molecular formula is C27H26ClN3O3. The van der Waals surface area contributed by atoms with Crippen LogP contribution in [-0.4, -0.2) is 50.0 Å². The topological polar surface area (TPSA) is 61.9 Å². The summed E-state index contributed by atoms with van der Waals surface area (Å²) in [6.07, 6.45) is 3.45. The SMILES string of the molecule is COc1ccccc1C(=O)Nc1cc(Cl)ccc1N1CCN(C(=O)/C=C/c2ccccc2)CC1. The third-order valence-corrected chi connectivity index (χ3v) is 5.94. The molecule has 0 spiro atoms. The van der Waals surface area contributed by atoms with Crippen LogP contribution >= 0.6 is 11.6 Å². The van der Waals surface area contributed by atoms with Gasteiger partial charge in [0.2, 0.25) is 5.91 Å². The summed E-state index contributed by atoms with van der Waals surface area (Å²) < 4.78 is 5.32. The molecule has 174 valence electrons. The van der Waals surface area contributed by atoms with Gasteiger partial charge in [0.25, 0.3) is 5.91 Å². The second kappa shape index (κ2) is 10.9. The van der Waals surface area contributed by atoms with Crippen LogP contribution in [0.5, 0.6) is 5.75 Å². The van der Waals surface area contributed by atoms with Gasteiger partial charge in [-0.15, -0.1) is 0 Å². The number of carbonyl (C=O) groups excluding carboxylic acids is 2. The van der Waals surface area contributed by atoms with Gasteiger partial charge in [-0.05, 0) is 42.0 Å². The highest BCUT2D eigenvalue weighted by Gasteiger charge is 2.23. The Kier molecular flexibility index (Phi) is 7.50. The number of nitrogens with one attached hydrogen (secondary N) is 1. The lowest BCUT2D eigenvalue weighted by Gasteiger charge is -2.36. The summed E-state index contributed by atoms with van der Waals surface area (Å²) in [5, 5.41) is 3.50. The van der Waals surface area contributed by atoms with E-state index in [0.717, 1.165) is 11.3 Å². The van der Waals surface area contributed by atoms with Gasteiger partial charge in [0.15, 0.2) is 0 Å².